The quantitative estimate of drug-likeness (QED) is 0.775. The summed E-state index contributed by atoms with van der Waals surface area (Å²) in [5.41, 5.74) is 2.21. The van der Waals surface area contributed by atoms with Gasteiger partial charge < -0.3 is 9.73 Å². The van der Waals surface area contributed by atoms with Crippen molar-refractivity contribution in [2.24, 2.45) is 0 Å². The van der Waals surface area contributed by atoms with Crippen LogP contribution in [0.2, 0.25) is 0 Å². The van der Waals surface area contributed by atoms with E-state index in [2.05, 4.69) is 10.3 Å². The molecule has 1 heterocycles. The van der Waals surface area contributed by atoms with E-state index in [1.807, 2.05) is 0 Å². The van der Waals surface area contributed by atoms with Crippen molar-refractivity contribution in [1.29, 1.82) is 0 Å². The zero-order valence-electron chi connectivity index (χ0n) is 11.6. The Bertz CT molecular complexity index is 882. The molecule has 0 aliphatic rings. The van der Waals surface area contributed by atoms with Crippen LogP contribution in [-0.2, 0) is 17.8 Å². The minimum Gasteiger partial charge on any atom is -0.408 e. The van der Waals surface area contributed by atoms with Gasteiger partial charge in [0.25, 0.3) is 0 Å². The first kappa shape index (κ1) is 14.1. The van der Waals surface area contributed by atoms with E-state index >= 15 is 0 Å². The van der Waals surface area contributed by atoms with E-state index in [1.54, 1.807) is 36.4 Å². The van der Waals surface area contributed by atoms with Gasteiger partial charge in [-0.3, -0.25) is 9.78 Å². The molecule has 5 nitrogen and oxygen atoms in total. The van der Waals surface area contributed by atoms with Gasteiger partial charge in [0.15, 0.2) is 5.58 Å². The molecule has 22 heavy (non-hydrogen) atoms. The lowest BCUT2D eigenvalue weighted by atomic mass is 10.1. The summed E-state index contributed by atoms with van der Waals surface area (Å²) in [4.78, 5) is 25.5. The molecule has 0 aliphatic heterocycles. The molecule has 2 aromatic carbocycles. The summed E-state index contributed by atoms with van der Waals surface area (Å²) in [6, 6.07) is 11.3. The smallest absolute Gasteiger partial charge is 0.408 e. The molecule has 0 aliphatic carbocycles. The number of benzene rings is 2. The van der Waals surface area contributed by atoms with Gasteiger partial charge in [0.2, 0.25) is 5.91 Å². The maximum absolute atomic E-state index is 13.5. The Balaban J connectivity index is 1.64. The minimum atomic E-state index is -0.518. The predicted octanol–water partition coefficient (Wildman–Crippen LogP) is 2.12. The van der Waals surface area contributed by atoms with Crippen molar-refractivity contribution >= 4 is 17.0 Å². The van der Waals surface area contributed by atoms with E-state index in [4.69, 9.17) is 4.42 Å². The van der Waals surface area contributed by atoms with E-state index in [0.717, 1.165) is 5.56 Å². The van der Waals surface area contributed by atoms with Gasteiger partial charge in [-0.05, 0) is 29.3 Å². The molecule has 1 aromatic heterocycles. The Labute approximate surface area is 124 Å². The van der Waals surface area contributed by atoms with Crippen LogP contribution in [0.5, 0.6) is 0 Å². The third kappa shape index (κ3) is 3.06. The molecular formula is C16H13FN2O3. The van der Waals surface area contributed by atoms with Crippen LogP contribution < -0.4 is 11.1 Å². The number of halogens is 1. The van der Waals surface area contributed by atoms with Gasteiger partial charge in [-0.15, -0.1) is 0 Å². The van der Waals surface area contributed by atoms with Crippen molar-refractivity contribution in [3.05, 3.63) is 70.0 Å². The van der Waals surface area contributed by atoms with Crippen molar-refractivity contribution in [2.75, 3.05) is 0 Å². The summed E-state index contributed by atoms with van der Waals surface area (Å²) in [5.74, 6) is -1.18. The summed E-state index contributed by atoms with van der Waals surface area (Å²) in [7, 11) is 0. The van der Waals surface area contributed by atoms with Gasteiger partial charge in [-0.2, -0.15) is 0 Å². The predicted molar refractivity (Wildman–Crippen MR) is 78.8 cm³/mol. The van der Waals surface area contributed by atoms with Crippen LogP contribution >= 0.6 is 0 Å². The second-order valence-electron chi connectivity index (χ2n) is 4.89. The Hall–Kier alpha value is -2.89. The zero-order valence-corrected chi connectivity index (χ0v) is 11.6. The molecule has 6 heteroatoms. The van der Waals surface area contributed by atoms with E-state index < -0.39 is 11.6 Å². The number of amides is 1. The molecule has 3 rings (SSSR count). The summed E-state index contributed by atoms with van der Waals surface area (Å²) in [5, 5.41) is 2.72. The average molecular weight is 300 g/mol. The number of fused-ring (bicyclic) bond motifs is 1. The van der Waals surface area contributed by atoms with Crippen molar-refractivity contribution in [2.45, 2.75) is 13.0 Å². The first-order valence-electron chi connectivity index (χ1n) is 6.74. The largest absolute Gasteiger partial charge is 0.417 e. The monoisotopic (exact) mass is 300 g/mol. The van der Waals surface area contributed by atoms with Gasteiger partial charge in [0, 0.05) is 6.54 Å². The fourth-order valence-corrected chi connectivity index (χ4v) is 2.19. The molecule has 0 bridgehead atoms. The molecule has 2 N–H and O–H groups in total. The van der Waals surface area contributed by atoms with Crippen LogP contribution in [0.15, 0.2) is 51.7 Å². The Kier molecular flexibility index (Phi) is 3.74. The summed E-state index contributed by atoms with van der Waals surface area (Å²) >= 11 is 0. The molecule has 0 unspecified atom stereocenters. The number of aromatic amines is 1. The topological polar surface area (TPSA) is 75.1 Å². The lowest BCUT2D eigenvalue weighted by molar-refractivity contribution is -0.120. The van der Waals surface area contributed by atoms with E-state index in [1.165, 1.54) is 6.07 Å². The Morgan fingerprint density at radius 2 is 2.05 bits per heavy atom. The van der Waals surface area contributed by atoms with Crippen molar-refractivity contribution in [1.82, 2.24) is 10.3 Å². The number of carbonyl (C=O) groups excluding carboxylic acids is 1. The molecule has 0 fully saturated rings. The molecule has 3 aromatic rings. The number of rotatable bonds is 4. The highest BCUT2D eigenvalue weighted by Crippen LogP contribution is 2.12. The van der Waals surface area contributed by atoms with Crippen molar-refractivity contribution in [3.8, 4) is 0 Å². The summed E-state index contributed by atoms with van der Waals surface area (Å²) in [6.45, 7) is 0.288. The number of H-pyrrole nitrogens is 1. The van der Waals surface area contributed by atoms with Crippen LogP contribution in [0.1, 0.15) is 11.1 Å². The van der Waals surface area contributed by atoms with E-state index in [0.29, 0.717) is 16.7 Å². The second-order valence-corrected chi connectivity index (χ2v) is 4.89. The SMILES string of the molecule is O=C(Cc1ccccc1F)NCc1ccc2oc(=O)[nH]c2c1. The number of hydrogen-bond donors (Lipinski definition) is 2. The summed E-state index contributed by atoms with van der Waals surface area (Å²) < 4.78 is 18.4. The van der Waals surface area contributed by atoms with Crippen LogP contribution in [-0.4, -0.2) is 10.9 Å². The van der Waals surface area contributed by atoms with Gasteiger partial charge in [-0.1, -0.05) is 24.3 Å². The lowest BCUT2D eigenvalue weighted by Crippen LogP contribution is -2.24. The van der Waals surface area contributed by atoms with Crippen LogP contribution in [0.4, 0.5) is 4.39 Å². The molecule has 0 spiro atoms. The average Bonchev–Trinajstić information content (AvgIpc) is 2.87. The normalized spacial score (nSPS) is 10.8. The zero-order chi connectivity index (χ0) is 15.5. The molecule has 112 valence electrons. The second kappa shape index (κ2) is 5.85. The van der Waals surface area contributed by atoms with Gasteiger partial charge in [0.1, 0.15) is 5.82 Å². The molecule has 0 saturated carbocycles. The van der Waals surface area contributed by atoms with Gasteiger partial charge >= 0.3 is 5.76 Å². The number of hydrogen-bond acceptors (Lipinski definition) is 3. The maximum Gasteiger partial charge on any atom is 0.417 e. The number of aromatic nitrogens is 1. The fourth-order valence-electron chi connectivity index (χ4n) is 2.19. The molecule has 0 saturated heterocycles. The highest BCUT2D eigenvalue weighted by molar-refractivity contribution is 5.79. The third-order valence-corrected chi connectivity index (χ3v) is 3.28. The third-order valence-electron chi connectivity index (χ3n) is 3.28. The first-order chi connectivity index (χ1) is 10.6. The van der Waals surface area contributed by atoms with Gasteiger partial charge in [0.05, 0.1) is 11.9 Å². The number of oxazole rings is 1. The van der Waals surface area contributed by atoms with E-state index in [-0.39, 0.29) is 18.9 Å². The van der Waals surface area contributed by atoms with Crippen molar-refractivity contribution in [3.63, 3.8) is 0 Å². The van der Waals surface area contributed by atoms with Crippen LogP contribution in [0, 0.1) is 5.82 Å². The van der Waals surface area contributed by atoms with E-state index in [9.17, 15) is 14.0 Å². The molecule has 1 amide bonds. The molecular weight excluding hydrogens is 287 g/mol. The van der Waals surface area contributed by atoms with Crippen LogP contribution in [0.3, 0.4) is 0 Å². The first-order valence-corrected chi connectivity index (χ1v) is 6.74. The molecule has 0 atom stereocenters. The van der Waals surface area contributed by atoms with Crippen molar-refractivity contribution < 1.29 is 13.6 Å². The highest BCUT2D eigenvalue weighted by atomic mass is 19.1. The minimum absolute atomic E-state index is 0.0164. The summed E-state index contributed by atoms with van der Waals surface area (Å²) in [6.07, 6.45) is -0.0164. The lowest BCUT2D eigenvalue weighted by Gasteiger charge is -2.06. The standard InChI is InChI=1S/C16H13FN2O3/c17-12-4-2-1-3-11(12)8-15(20)18-9-10-5-6-14-13(7-10)19-16(21)22-14/h1-7H,8-9H2,(H,18,20)(H,19,21). The Morgan fingerprint density at radius 1 is 1.23 bits per heavy atom. The number of carbonyl (C=O) groups is 1. The molecule has 0 radical (unpaired) electrons. The Morgan fingerprint density at radius 3 is 2.86 bits per heavy atom. The fraction of sp³-hybridized carbons (Fsp3) is 0.125. The maximum atomic E-state index is 13.5. The van der Waals surface area contributed by atoms with Gasteiger partial charge in [-0.25, -0.2) is 9.18 Å². The van der Waals surface area contributed by atoms with Crippen LogP contribution in [0.25, 0.3) is 11.1 Å². The number of nitrogens with one attached hydrogen (secondary N) is 2. The highest BCUT2D eigenvalue weighted by Gasteiger charge is 2.08.